The van der Waals surface area contributed by atoms with Gasteiger partial charge in [0.1, 0.15) is 6.04 Å². The Morgan fingerprint density at radius 2 is 1.77 bits per heavy atom. The molecule has 0 aliphatic carbocycles. The maximum absolute atomic E-state index is 13.0. The average molecular weight is 574 g/mol. The first-order valence-electron chi connectivity index (χ1n) is 13.8. The molecule has 0 saturated carbocycles. The fourth-order valence-corrected chi connectivity index (χ4v) is 5.12. The van der Waals surface area contributed by atoms with E-state index in [1.165, 1.54) is 6.20 Å². The summed E-state index contributed by atoms with van der Waals surface area (Å²) in [5.74, 6) is -2.09. The number of piperidine rings is 1. The van der Waals surface area contributed by atoms with E-state index in [0.717, 1.165) is 27.2 Å². The Kier molecular flexibility index (Phi) is 7.44. The first-order valence-corrected chi connectivity index (χ1v) is 13.8. The van der Waals surface area contributed by atoms with E-state index in [0.29, 0.717) is 29.9 Å². The number of fused-ring (bicyclic) bond motifs is 2. The molecule has 1 atom stereocenters. The molecule has 1 aromatic heterocycles. The molecule has 2 aliphatic heterocycles. The number of para-hydroxylation sites is 2. The molecular formula is C32H27N7O4. The molecule has 11 nitrogen and oxygen atoms in total. The van der Waals surface area contributed by atoms with E-state index in [1.54, 1.807) is 30.6 Å². The fourth-order valence-electron chi connectivity index (χ4n) is 5.12. The van der Waals surface area contributed by atoms with E-state index in [1.807, 2.05) is 48.5 Å². The number of hydrogen-bond donors (Lipinski definition) is 3. The van der Waals surface area contributed by atoms with Crippen LogP contribution in [0.4, 0.5) is 11.4 Å². The van der Waals surface area contributed by atoms with Gasteiger partial charge >= 0.3 is 0 Å². The van der Waals surface area contributed by atoms with Crippen molar-refractivity contribution < 1.29 is 19.2 Å². The minimum atomic E-state index is -0.987. The maximum atomic E-state index is 13.0. The van der Waals surface area contributed by atoms with Crippen LogP contribution >= 0.6 is 0 Å². The van der Waals surface area contributed by atoms with Gasteiger partial charge in [0.2, 0.25) is 11.8 Å². The SMILES string of the molecule is NC=C(C=Nc1ccc(CCNc2ccc3c(c2)C(=O)N(C2CCC(=O)NC2=O)C3=O)cc1)c1cnc2ccccc2n1. The van der Waals surface area contributed by atoms with Crippen LogP contribution in [-0.4, -0.2) is 57.3 Å². The first kappa shape index (κ1) is 27.5. The Balaban J connectivity index is 1.05. The van der Waals surface area contributed by atoms with Crippen molar-refractivity contribution in [2.24, 2.45) is 10.7 Å². The zero-order chi connectivity index (χ0) is 29.9. The minimum absolute atomic E-state index is 0.0796. The van der Waals surface area contributed by atoms with Gasteiger partial charge in [-0.25, -0.2) is 4.98 Å². The van der Waals surface area contributed by atoms with Crippen molar-refractivity contribution >= 4 is 57.8 Å². The second-order valence-corrected chi connectivity index (χ2v) is 10.2. The van der Waals surface area contributed by atoms with Gasteiger partial charge in [-0.3, -0.25) is 39.4 Å². The van der Waals surface area contributed by atoms with Crippen LogP contribution in [0.2, 0.25) is 0 Å². The predicted molar refractivity (Wildman–Crippen MR) is 162 cm³/mol. The number of hydrogen-bond acceptors (Lipinski definition) is 9. The summed E-state index contributed by atoms with van der Waals surface area (Å²) in [6.45, 7) is 0.584. The lowest BCUT2D eigenvalue weighted by molar-refractivity contribution is -0.136. The van der Waals surface area contributed by atoms with Crippen molar-refractivity contribution in [2.45, 2.75) is 25.3 Å². The second kappa shape index (κ2) is 11.6. The number of carbonyl (C=O) groups excluding carboxylic acids is 4. The average Bonchev–Trinajstić information content (AvgIpc) is 3.26. The highest BCUT2D eigenvalue weighted by Gasteiger charge is 2.44. The molecule has 2 aliphatic rings. The molecule has 1 unspecified atom stereocenters. The number of rotatable bonds is 8. The molecule has 1 fully saturated rings. The monoisotopic (exact) mass is 573 g/mol. The molecule has 6 rings (SSSR count). The van der Waals surface area contributed by atoms with Gasteiger partial charge in [-0.2, -0.15) is 0 Å². The third kappa shape index (κ3) is 5.60. The standard InChI is InChI=1S/C32H27N7O4/c33-16-20(27-18-36-25-3-1-2-4-26(25)37-27)17-35-21-7-5-19(6-8-21)13-14-34-22-9-10-23-24(15-22)32(43)39(31(23)42)28-11-12-29(40)38-30(28)41/h1-10,15-18,28,34H,11-14,33H2,(H,38,40,41). The Labute approximate surface area is 246 Å². The van der Waals surface area contributed by atoms with Crippen LogP contribution in [0.25, 0.3) is 16.6 Å². The number of aliphatic imine (C=N–C) groups is 1. The van der Waals surface area contributed by atoms with Gasteiger partial charge in [-0.05, 0) is 60.9 Å². The Morgan fingerprint density at radius 1 is 1.00 bits per heavy atom. The van der Waals surface area contributed by atoms with Crippen LogP contribution in [0, 0.1) is 0 Å². The molecule has 4 N–H and O–H groups in total. The highest BCUT2D eigenvalue weighted by molar-refractivity contribution is 6.23. The number of nitrogens with two attached hydrogens (primary N) is 1. The molecule has 0 radical (unpaired) electrons. The molecule has 0 bridgehead atoms. The third-order valence-electron chi connectivity index (χ3n) is 7.40. The van der Waals surface area contributed by atoms with E-state index in [2.05, 4.69) is 25.6 Å². The molecule has 4 aromatic rings. The quantitative estimate of drug-likeness (QED) is 0.214. The van der Waals surface area contributed by atoms with Crippen molar-refractivity contribution in [1.82, 2.24) is 20.2 Å². The zero-order valence-corrected chi connectivity index (χ0v) is 23.0. The van der Waals surface area contributed by atoms with Crippen molar-refractivity contribution in [2.75, 3.05) is 11.9 Å². The summed E-state index contributed by atoms with van der Waals surface area (Å²) in [5.41, 5.74) is 11.7. The number of nitrogens with zero attached hydrogens (tertiary/aromatic N) is 4. The summed E-state index contributed by atoms with van der Waals surface area (Å²) < 4.78 is 0. The number of anilines is 1. The summed E-state index contributed by atoms with van der Waals surface area (Å²) in [6, 6.07) is 19.4. The van der Waals surface area contributed by atoms with Crippen molar-refractivity contribution in [3.8, 4) is 0 Å². The lowest BCUT2D eigenvalue weighted by atomic mass is 10.0. The minimum Gasteiger partial charge on any atom is -0.404 e. The smallest absolute Gasteiger partial charge is 0.262 e. The van der Waals surface area contributed by atoms with E-state index < -0.39 is 29.7 Å². The summed E-state index contributed by atoms with van der Waals surface area (Å²) >= 11 is 0. The molecule has 4 amide bonds. The van der Waals surface area contributed by atoms with Crippen molar-refractivity contribution in [1.29, 1.82) is 0 Å². The van der Waals surface area contributed by atoms with Crippen molar-refractivity contribution in [3.05, 3.63) is 102 Å². The van der Waals surface area contributed by atoms with Gasteiger partial charge in [0, 0.05) is 36.6 Å². The van der Waals surface area contributed by atoms with Gasteiger partial charge in [-0.1, -0.05) is 24.3 Å². The van der Waals surface area contributed by atoms with Gasteiger partial charge < -0.3 is 11.1 Å². The lowest BCUT2D eigenvalue weighted by Crippen LogP contribution is -2.54. The third-order valence-corrected chi connectivity index (χ3v) is 7.40. The number of nitrogens with one attached hydrogen (secondary N) is 2. The lowest BCUT2D eigenvalue weighted by Gasteiger charge is -2.27. The van der Waals surface area contributed by atoms with Crippen molar-refractivity contribution in [3.63, 3.8) is 0 Å². The molecule has 1 saturated heterocycles. The fraction of sp³-hybridized carbons (Fsp3) is 0.156. The predicted octanol–water partition coefficient (Wildman–Crippen LogP) is 3.39. The number of amides is 4. The normalized spacial score (nSPS) is 17.1. The number of carbonyl (C=O) groups is 4. The van der Waals surface area contributed by atoms with Crippen LogP contribution in [0.5, 0.6) is 0 Å². The van der Waals surface area contributed by atoms with E-state index in [4.69, 9.17) is 5.73 Å². The molecule has 3 heterocycles. The first-order chi connectivity index (χ1) is 20.9. The summed E-state index contributed by atoms with van der Waals surface area (Å²) in [4.78, 5) is 64.2. The Bertz CT molecular complexity index is 1830. The van der Waals surface area contributed by atoms with Gasteiger partial charge in [0.15, 0.2) is 0 Å². The summed E-state index contributed by atoms with van der Waals surface area (Å²) in [6.07, 6.45) is 5.70. The highest BCUT2D eigenvalue weighted by Crippen LogP contribution is 2.29. The van der Waals surface area contributed by atoms with Crippen LogP contribution < -0.4 is 16.4 Å². The molecule has 43 heavy (non-hydrogen) atoms. The maximum Gasteiger partial charge on any atom is 0.262 e. The van der Waals surface area contributed by atoms with E-state index in [9.17, 15) is 19.2 Å². The molecule has 3 aromatic carbocycles. The number of allylic oxidation sites excluding steroid dienone is 1. The molecule has 11 heteroatoms. The second-order valence-electron chi connectivity index (χ2n) is 10.2. The van der Waals surface area contributed by atoms with Crippen LogP contribution in [0.15, 0.2) is 84.1 Å². The van der Waals surface area contributed by atoms with Crippen LogP contribution in [0.1, 0.15) is 44.8 Å². The summed E-state index contributed by atoms with van der Waals surface area (Å²) in [5, 5.41) is 5.49. The van der Waals surface area contributed by atoms with E-state index in [-0.39, 0.29) is 24.0 Å². The molecule has 0 spiro atoms. The van der Waals surface area contributed by atoms with Crippen LogP contribution in [0.3, 0.4) is 0 Å². The molecule has 214 valence electrons. The van der Waals surface area contributed by atoms with Gasteiger partial charge in [-0.15, -0.1) is 0 Å². The topological polar surface area (TPSA) is 160 Å². The Morgan fingerprint density at radius 3 is 2.53 bits per heavy atom. The van der Waals surface area contributed by atoms with Crippen LogP contribution in [-0.2, 0) is 16.0 Å². The highest BCUT2D eigenvalue weighted by atomic mass is 16.2. The van der Waals surface area contributed by atoms with Gasteiger partial charge in [0.05, 0.1) is 39.7 Å². The largest absolute Gasteiger partial charge is 0.404 e. The Hall–Kier alpha value is -5.71. The summed E-state index contributed by atoms with van der Waals surface area (Å²) in [7, 11) is 0. The zero-order valence-electron chi connectivity index (χ0n) is 23.0. The molecular weight excluding hydrogens is 546 g/mol. The van der Waals surface area contributed by atoms with E-state index >= 15 is 0 Å². The number of imide groups is 2. The number of benzene rings is 3. The van der Waals surface area contributed by atoms with Gasteiger partial charge in [0.25, 0.3) is 11.8 Å². The number of aromatic nitrogens is 2.